The van der Waals surface area contributed by atoms with E-state index in [-0.39, 0.29) is 29.0 Å². The first-order valence-corrected chi connectivity index (χ1v) is 12.2. The lowest BCUT2D eigenvalue weighted by atomic mass is 10.1. The van der Waals surface area contributed by atoms with Crippen molar-refractivity contribution in [3.05, 3.63) is 54.1 Å². The van der Waals surface area contributed by atoms with E-state index in [0.717, 1.165) is 43.0 Å². The van der Waals surface area contributed by atoms with Gasteiger partial charge in [0.15, 0.2) is 5.65 Å². The number of hydrogen-bond donors (Lipinski definition) is 2. The number of piperidine rings is 1. The average molecular weight is 544 g/mol. The first kappa shape index (κ1) is 26.4. The molecule has 204 valence electrons. The van der Waals surface area contributed by atoms with Crippen LogP contribution in [0.2, 0.25) is 0 Å². The normalized spacial score (nSPS) is 14.5. The summed E-state index contributed by atoms with van der Waals surface area (Å²) in [6.45, 7) is 2.86. The SMILES string of the molecule is COc1cc(-c2nn(C3CCNCC3)c3ncnc(N)c23)ccc1N(C(C)=O)c1ccc(C(F)(F)F)cc1F. The number of benzene rings is 2. The van der Waals surface area contributed by atoms with Crippen LogP contribution in [0.5, 0.6) is 5.75 Å². The monoisotopic (exact) mass is 543 g/mol. The Hall–Kier alpha value is -4.26. The minimum Gasteiger partial charge on any atom is -0.495 e. The van der Waals surface area contributed by atoms with Crippen LogP contribution < -0.4 is 20.7 Å². The van der Waals surface area contributed by atoms with Gasteiger partial charge >= 0.3 is 6.18 Å². The van der Waals surface area contributed by atoms with Crippen LogP contribution in [-0.2, 0) is 11.0 Å². The van der Waals surface area contributed by atoms with Gasteiger partial charge < -0.3 is 15.8 Å². The number of nitrogens with one attached hydrogen (secondary N) is 1. The summed E-state index contributed by atoms with van der Waals surface area (Å²) in [6.07, 6.45) is -1.64. The maximum atomic E-state index is 14.9. The average Bonchev–Trinajstić information content (AvgIpc) is 3.30. The molecule has 1 aliphatic heterocycles. The van der Waals surface area contributed by atoms with Crippen molar-refractivity contribution in [2.45, 2.75) is 32.0 Å². The van der Waals surface area contributed by atoms with Crippen molar-refractivity contribution in [1.82, 2.24) is 25.1 Å². The van der Waals surface area contributed by atoms with Gasteiger partial charge in [0, 0.05) is 12.5 Å². The number of alkyl halides is 3. The molecule has 0 radical (unpaired) electrons. The summed E-state index contributed by atoms with van der Waals surface area (Å²) in [6, 6.07) is 6.87. The van der Waals surface area contributed by atoms with Crippen LogP contribution in [0, 0.1) is 5.82 Å². The maximum absolute atomic E-state index is 14.9. The third-order valence-corrected chi connectivity index (χ3v) is 6.70. The first-order valence-electron chi connectivity index (χ1n) is 12.2. The molecule has 0 bridgehead atoms. The Balaban J connectivity index is 1.61. The molecule has 3 heterocycles. The zero-order chi connectivity index (χ0) is 27.9. The van der Waals surface area contributed by atoms with Gasteiger partial charge in [0.25, 0.3) is 0 Å². The van der Waals surface area contributed by atoms with E-state index in [0.29, 0.717) is 28.4 Å². The number of nitrogens with zero attached hydrogens (tertiary/aromatic N) is 5. The summed E-state index contributed by atoms with van der Waals surface area (Å²) in [5.41, 5.74) is 6.53. The molecule has 0 unspecified atom stereocenters. The lowest BCUT2D eigenvalue weighted by molar-refractivity contribution is -0.137. The predicted molar refractivity (Wildman–Crippen MR) is 137 cm³/mol. The second kappa shape index (κ2) is 10.1. The molecule has 5 rings (SSSR count). The quantitative estimate of drug-likeness (QED) is 0.346. The fourth-order valence-corrected chi connectivity index (χ4v) is 4.85. The highest BCUT2D eigenvalue weighted by Crippen LogP contribution is 2.41. The molecular weight excluding hydrogens is 518 g/mol. The molecule has 1 fully saturated rings. The number of nitrogens with two attached hydrogens (primary N) is 1. The highest BCUT2D eigenvalue weighted by Gasteiger charge is 2.32. The van der Waals surface area contributed by atoms with E-state index in [1.165, 1.54) is 26.4 Å². The minimum atomic E-state index is -4.73. The summed E-state index contributed by atoms with van der Waals surface area (Å²) in [4.78, 5) is 22.2. The second-order valence-corrected chi connectivity index (χ2v) is 9.14. The molecule has 2 aromatic heterocycles. The van der Waals surface area contributed by atoms with E-state index in [9.17, 15) is 22.4 Å². The number of methoxy groups -OCH3 is 1. The van der Waals surface area contributed by atoms with Crippen molar-refractivity contribution < 1.29 is 27.1 Å². The molecule has 13 heteroatoms. The number of nitrogen functional groups attached to an aromatic ring is 1. The molecule has 1 amide bonds. The zero-order valence-electron chi connectivity index (χ0n) is 21.1. The smallest absolute Gasteiger partial charge is 0.416 e. The van der Waals surface area contributed by atoms with Crippen LogP contribution >= 0.6 is 0 Å². The number of rotatable bonds is 5. The van der Waals surface area contributed by atoms with Crippen molar-refractivity contribution in [1.29, 1.82) is 0 Å². The van der Waals surface area contributed by atoms with E-state index in [1.807, 2.05) is 4.68 Å². The molecule has 0 saturated carbocycles. The number of carbonyl (C=O) groups is 1. The zero-order valence-corrected chi connectivity index (χ0v) is 21.1. The van der Waals surface area contributed by atoms with E-state index in [4.69, 9.17) is 15.6 Å². The van der Waals surface area contributed by atoms with Crippen LogP contribution in [0.4, 0.5) is 34.8 Å². The van der Waals surface area contributed by atoms with Crippen molar-refractivity contribution in [3.63, 3.8) is 0 Å². The fraction of sp³-hybridized carbons (Fsp3) is 0.308. The Kier molecular flexibility index (Phi) is 6.85. The number of halogens is 4. The number of hydrogen-bond acceptors (Lipinski definition) is 7. The van der Waals surface area contributed by atoms with E-state index in [2.05, 4.69) is 15.3 Å². The number of aromatic nitrogens is 4. The maximum Gasteiger partial charge on any atom is 0.416 e. The summed E-state index contributed by atoms with van der Waals surface area (Å²) in [5.74, 6) is -1.42. The number of carbonyl (C=O) groups excluding carboxylic acids is 1. The number of amides is 1. The number of fused-ring (bicyclic) bond motifs is 1. The molecule has 4 aromatic rings. The fourth-order valence-electron chi connectivity index (χ4n) is 4.85. The Morgan fingerprint density at radius 3 is 2.49 bits per heavy atom. The number of ether oxygens (including phenoxy) is 1. The van der Waals surface area contributed by atoms with Crippen LogP contribution in [0.25, 0.3) is 22.3 Å². The third kappa shape index (κ3) is 4.85. The summed E-state index contributed by atoms with van der Waals surface area (Å²) < 4.78 is 61.5. The molecular formula is C26H25F4N7O2. The highest BCUT2D eigenvalue weighted by molar-refractivity contribution is 6.02. The molecule has 1 aliphatic rings. The van der Waals surface area contributed by atoms with Crippen molar-refractivity contribution in [2.24, 2.45) is 0 Å². The van der Waals surface area contributed by atoms with Crippen LogP contribution in [-0.4, -0.2) is 45.9 Å². The standard InChI is InChI=1S/C26H25F4N7O2/c1-14(38)36(19-6-4-16(12-18(19)27)26(28,29)30)20-5-3-15(11-21(20)39-2)23-22-24(31)33-13-34-25(22)37(35-23)17-7-9-32-10-8-17/h3-6,11-13,17,32H,7-10H2,1-2H3,(H2,31,33,34). The molecule has 0 spiro atoms. The Labute approximate surface area is 220 Å². The van der Waals surface area contributed by atoms with Gasteiger partial charge in [-0.15, -0.1) is 0 Å². The molecule has 3 N–H and O–H groups in total. The van der Waals surface area contributed by atoms with E-state index in [1.54, 1.807) is 12.1 Å². The van der Waals surface area contributed by atoms with Gasteiger partial charge in [0.2, 0.25) is 5.91 Å². The van der Waals surface area contributed by atoms with Gasteiger partial charge in [0.05, 0.1) is 35.5 Å². The lowest BCUT2D eigenvalue weighted by Crippen LogP contribution is -2.30. The van der Waals surface area contributed by atoms with E-state index < -0.39 is 23.5 Å². The van der Waals surface area contributed by atoms with Gasteiger partial charge in [-0.05, 0) is 56.3 Å². The largest absolute Gasteiger partial charge is 0.495 e. The molecule has 9 nitrogen and oxygen atoms in total. The van der Waals surface area contributed by atoms with Gasteiger partial charge in [0.1, 0.15) is 29.4 Å². The van der Waals surface area contributed by atoms with E-state index >= 15 is 0 Å². The first-order chi connectivity index (χ1) is 18.6. The topological polar surface area (TPSA) is 111 Å². The van der Waals surface area contributed by atoms with Gasteiger partial charge in [-0.2, -0.15) is 18.3 Å². The Bertz CT molecular complexity index is 1550. The van der Waals surface area contributed by atoms with Gasteiger partial charge in [-0.25, -0.2) is 19.0 Å². The minimum absolute atomic E-state index is 0.105. The predicted octanol–water partition coefficient (Wildman–Crippen LogP) is 4.85. The van der Waals surface area contributed by atoms with Crippen LogP contribution in [0.1, 0.15) is 31.4 Å². The highest BCUT2D eigenvalue weighted by atomic mass is 19.4. The van der Waals surface area contributed by atoms with Gasteiger partial charge in [-0.1, -0.05) is 6.07 Å². The van der Waals surface area contributed by atoms with Crippen LogP contribution in [0.15, 0.2) is 42.7 Å². The lowest BCUT2D eigenvalue weighted by Gasteiger charge is -2.25. The third-order valence-electron chi connectivity index (χ3n) is 6.70. The summed E-state index contributed by atoms with van der Waals surface area (Å²) >= 11 is 0. The summed E-state index contributed by atoms with van der Waals surface area (Å²) in [5, 5.41) is 8.72. The molecule has 2 aromatic carbocycles. The number of anilines is 3. The molecule has 0 atom stereocenters. The van der Waals surface area contributed by atoms with Crippen molar-refractivity contribution in [2.75, 3.05) is 30.8 Å². The van der Waals surface area contributed by atoms with Crippen molar-refractivity contribution >= 4 is 34.1 Å². The van der Waals surface area contributed by atoms with Crippen molar-refractivity contribution in [3.8, 4) is 17.0 Å². The second-order valence-electron chi connectivity index (χ2n) is 9.14. The molecule has 0 aliphatic carbocycles. The van der Waals surface area contributed by atoms with Gasteiger partial charge in [-0.3, -0.25) is 9.69 Å². The van der Waals surface area contributed by atoms with Crippen LogP contribution in [0.3, 0.4) is 0 Å². The molecule has 1 saturated heterocycles. The summed E-state index contributed by atoms with van der Waals surface area (Å²) in [7, 11) is 1.37. The molecule has 39 heavy (non-hydrogen) atoms. The Morgan fingerprint density at radius 1 is 1.13 bits per heavy atom. The Morgan fingerprint density at radius 2 is 1.85 bits per heavy atom.